The number of fused-ring (bicyclic) bond motifs is 4. The summed E-state index contributed by atoms with van der Waals surface area (Å²) in [5.41, 5.74) is 5.53. The van der Waals surface area contributed by atoms with E-state index in [1.807, 2.05) is 60.8 Å². The molecule has 0 spiro atoms. The Hall–Kier alpha value is -3.20. The lowest BCUT2D eigenvalue weighted by Crippen LogP contribution is -1.88. The van der Waals surface area contributed by atoms with Crippen molar-refractivity contribution in [1.29, 1.82) is 0 Å². The first-order chi connectivity index (χ1) is 11.4. The molecule has 0 atom stereocenters. The molecule has 3 nitrogen and oxygen atoms in total. The summed E-state index contributed by atoms with van der Waals surface area (Å²) in [4.78, 5) is 9.23. The summed E-state index contributed by atoms with van der Waals surface area (Å²) in [6, 6.07) is 22.2. The quantitative estimate of drug-likeness (QED) is 0.427. The number of furan rings is 1. The largest absolute Gasteiger partial charge is 0.456 e. The molecule has 0 saturated heterocycles. The molecule has 5 rings (SSSR count). The molecule has 0 fully saturated rings. The second-order valence-electron chi connectivity index (χ2n) is 5.55. The van der Waals surface area contributed by atoms with E-state index in [1.54, 1.807) is 0 Å². The third-order valence-corrected chi connectivity index (χ3v) is 4.12. The molecule has 0 aliphatic heterocycles. The topological polar surface area (TPSA) is 38.9 Å². The zero-order valence-electron chi connectivity index (χ0n) is 12.2. The molecule has 2 aromatic heterocycles. The molecule has 0 unspecified atom stereocenters. The molecule has 0 amide bonds. The van der Waals surface area contributed by atoms with Crippen molar-refractivity contribution in [2.75, 3.05) is 0 Å². The Bertz CT molecular complexity index is 1170. The molecular weight excluding hydrogens is 284 g/mol. The van der Waals surface area contributed by atoms with Crippen LogP contribution >= 0.6 is 0 Å². The average Bonchev–Trinajstić information content (AvgIpc) is 2.99. The van der Waals surface area contributed by atoms with Gasteiger partial charge in [-0.25, -0.2) is 4.98 Å². The SMILES string of the molecule is c1ccc2nc(-c3ccc4oc5ccccc5c4c3)cnc2c1. The summed E-state index contributed by atoms with van der Waals surface area (Å²) >= 11 is 0. The fraction of sp³-hybridized carbons (Fsp3) is 0. The standard InChI is InChI=1S/C20H12N2O/c1-4-8-19-14(5-1)15-11-13(9-10-20(15)23-19)18-12-21-16-6-2-3-7-17(16)22-18/h1-12H. The van der Waals surface area contributed by atoms with Crippen molar-refractivity contribution in [3.05, 3.63) is 72.9 Å². The Kier molecular flexibility index (Phi) is 2.50. The molecule has 0 aliphatic rings. The van der Waals surface area contributed by atoms with Crippen LogP contribution < -0.4 is 0 Å². The van der Waals surface area contributed by atoms with Crippen LogP contribution in [-0.2, 0) is 0 Å². The van der Waals surface area contributed by atoms with Gasteiger partial charge in [-0.2, -0.15) is 0 Å². The molecule has 3 heteroatoms. The van der Waals surface area contributed by atoms with Crippen molar-refractivity contribution in [1.82, 2.24) is 9.97 Å². The van der Waals surface area contributed by atoms with Gasteiger partial charge in [0.15, 0.2) is 0 Å². The van der Waals surface area contributed by atoms with Gasteiger partial charge in [0.25, 0.3) is 0 Å². The summed E-state index contributed by atoms with van der Waals surface area (Å²) in [6.45, 7) is 0. The predicted molar refractivity (Wildman–Crippen MR) is 92.3 cm³/mol. The van der Waals surface area contributed by atoms with Gasteiger partial charge in [-0.3, -0.25) is 4.98 Å². The Labute approximate surface area is 132 Å². The minimum Gasteiger partial charge on any atom is -0.456 e. The zero-order valence-corrected chi connectivity index (χ0v) is 12.2. The van der Waals surface area contributed by atoms with E-state index in [0.717, 1.165) is 44.2 Å². The second-order valence-corrected chi connectivity index (χ2v) is 5.55. The smallest absolute Gasteiger partial charge is 0.135 e. The van der Waals surface area contributed by atoms with Crippen molar-refractivity contribution in [3.63, 3.8) is 0 Å². The van der Waals surface area contributed by atoms with E-state index in [-0.39, 0.29) is 0 Å². The molecule has 0 radical (unpaired) electrons. The highest BCUT2D eigenvalue weighted by molar-refractivity contribution is 6.06. The molecule has 23 heavy (non-hydrogen) atoms. The minimum atomic E-state index is 0.871. The lowest BCUT2D eigenvalue weighted by Gasteiger charge is -2.02. The third kappa shape index (κ3) is 1.90. The van der Waals surface area contributed by atoms with E-state index in [4.69, 9.17) is 9.40 Å². The predicted octanol–water partition coefficient (Wildman–Crippen LogP) is 5.20. The summed E-state index contributed by atoms with van der Waals surface area (Å²) in [7, 11) is 0. The lowest BCUT2D eigenvalue weighted by atomic mass is 10.1. The highest BCUT2D eigenvalue weighted by Crippen LogP contribution is 2.31. The third-order valence-electron chi connectivity index (χ3n) is 4.12. The van der Waals surface area contributed by atoms with Gasteiger partial charge in [-0.15, -0.1) is 0 Å². The summed E-state index contributed by atoms with van der Waals surface area (Å²) in [5.74, 6) is 0. The maximum atomic E-state index is 5.88. The normalized spacial score (nSPS) is 11.5. The summed E-state index contributed by atoms with van der Waals surface area (Å²) in [6.07, 6.45) is 1.83. The number of aromatic nitrogens is 2. The Morgan fingerprint density at radius 1 is 0.696 bits per heavy atom. The van der Waals surface area contributed by atoms with Gasteiger partial charge in [-0.05, 0) is 36.4 Å². The Morgan fingerprint density at radius 2 is 1.48 bits per heavy atom. The fourth-order valence-electron chi connectivity index (χ4n) is 2.98. The average molecular weight is 296 g/mol. The molecule has 0 aliphatic carbocycles. The number of nitrogens with zero attached hydrogens (tertiary/aromatic N) is 2. The maximum Gasteiger partial charge on any atom is 0.135 e. The van der Waals surface area contributed by atoms with Crippen LogP contribution in [0.5, 0.6) is 0 Å². The second kappa shape index (κ2) is 4.65. The van der Waals surface area contributed by atoms with Crippen LogP contribution in [0, 0.1) is 0 Å². The minimum absolute atomic E-state index is 0.871. The first-order valence-corrected chi connectivity index (χ1v) is 7.52. The van der Waals surface area contributed by atoms with Crippen LogP contribution in [0.3, 0.4) is 0 Å². The number of hydrogen-bond donors (Lipinski definition) is 0. The van der Waals surface area contributed by atoms with Crippen LogP contribution in [0.25, 0.3) is 44.2 Å². The number of hydrogen-bond acceptors (Lipinski definition) is 3. The fourth-order valence-corrected chi connectivity index (χ4v) is 2.98. The lowest BCUT2D eigenvalue weighted by molar-refractivity contribution is 0.669. The van der Waals surface area contributed by atoms with Gasteiger partial charge >= 0.3 is 0 Å². The number of rotatable bonds is 1. The van der Waals surface area contributed by atoms with E-state index < -0.39 is 0 Å². The van der Waals surface area contributed by atoms with Crippen molar-refractivity contribution in [2.45, 2.75) is 0 Å². The number of benzene rings is 3. The van der Waals surface area contributed by atoms with E-state index >= 15 is 0 Å². The highest BCUT2D eigenvalue weighted by atomic mass is 16.3. The zero-order chi connectivity index (χ0) is 15.2. The van der Waals surface area contributed by atoms with Crippen molar-refractivity contribution < 1.29 is 4.42 Å². The molecule has 3 aromatic carbocycles. The van der Waals surface area contributed by atoms with Gasteiger partial charge in [-0.1, -0.05) is 30.3 Å². The summed E-state index contributed by atoms with van der Waals surface area (Å²) in [5, 5.41) is 2.23. The van der Waals surface area contributed by atoms with Crippen LogP contribution in [0.15, 0.2) is 77.3 Å². The van der Waals surface area contributed by atoms with Crippen molar-refractivity contribution in [2.24, 2.45) is 0 Å². The number of para-hydroxylation sites is 3. The van der Waals surface area contributed by atoms with E-state index in [1.165, 1.54) is 0 Å². The van der Waals surface area contributed by atoms with Crippen LogP contribution in [0.4, 0.5) is 0 Å². The van der Waals surface area contributed by atoms with Gasteiger partial charge in [0.2, 0.25) is 0 Å². The van der Waals surface area contributed by atoms with Crippen LogP contribution in [-0.4, -0.2) is 9.97 Å². The van der Waals surface area contributed by atoms with Gasteiger partial charge in [0, 0.05) is 16.3 Å². The molecular formula is C20H12N2O. The summed E-state index contributed by atoms with van der Waals surface area (Å²) < 4.78 is 5.88. The van der Waals surface area contributed by atoms with Crippen molar-refractivity contribution in [3.8, 4) is 11.3 Å². The van der Waals surface area contributed by atoms with E-state index in [2.05, 4.69) is 17.1 Å². The monoisotopic (exact) mass is 296 g/mol. The van der Waals surface area contributed by atoms with E-state index in [9.17, 15) is 0 Å². The highest BCUT2D eigenvalue weighted by Gasteiger charge is 2.09. The first kappa shape index (κ1) is 12.4. The first-order valence-electron chi connectivity index (χ1n) is 7.52. The van der Waals surface area contributed by atoms with Crippen molar-refractivity contribution >= 4 is 33.0 Å². The molecule has 108 valence electrons. The van der Waals surface area contributed by atoms with E-state index in [0.29, 0.717) is 0 Å². The molecule has 0 N–H and O–H groups in total. The van der Waals surface area contributed by atoms with Gasteiger partial charge in [0.05, 0.1) is 22.9 Å². The molecule has 5 aromatic rings. The molecule has 0 bridgehead atoms. The van der Waals surface area contributed by atoms with Gasteiger partial charge in [0.1, 0.15) is 11.2 Å². The van der Waals surface area contributed by atoms with Crippen LogP contribution in [0.2, 0.25) is 0 Å². The maximum absolute atomic E-state index is 5.88. The molecule has 2 heterocycles. The Morgan fingerprint density at radius 3 is 2.43 bits per heavy atom. The molecule has 0 saturated carbocycles. The Balaban J connectivity index is 1.76. The van der Waals surface area contributed by atoms with Crippen LogP contribution in [0.1, 0.15) is 0 Å². The van der Waals surface area contributed by atoms with Gasteiger partial charge < -0.3 is 4.42 Å².